The fourth-order valence-corrected chi connectivity index (χ4v) is 1.51. The van der Waals surface area contributed by atoms with Crippen LogP contribution in [0.25, 0.3) is 0 Å². The summed E-state index contributed by atoms with van der Waals surface area (Å²) in [6.45, 7) is 1.71. The molecule has 6 heteroatoms. The van der Waals surface area contributed by atoms with Gasteiger partial charge in [0.25, 0.3) is 10.1 Å². The smallest absolute Gasteiger partial charge is 0.294 e. The van der Waals surface area contributed by atoms with E-state index in [9.17, 15) is 8.42 Å². The van der Waals surface area contributed by atoms with Crippen LogP contribution >= 0.6 is 12.2 Å². The predicted molar refractivity (Wildman–Crippen MR) is 58.2 cm³/mol. The van der Waals surface area contributed by atoms with Gasteiger partial charge in [-0.3, -0.25) is 4.55 Å². The van der Waals surface area contributed by atoms with E-state index in [2.05, 4.69) is 5.32 Å². The minimum absolute atomic E-state index is 0.134. The SMILES string of the molecule is CC(=S)Nc1ccc(S(=O)(=O)O)cc1. The first-order valence-corrected chi connectivity index (χ1v) is 5.59. The Morgan fingerprint density at radius 2 is 1.86 bits per heavy atom. The van der Waals surface area contributed by atoms with Gasteiger partial charge in [0.15, 0.2) is 0 Å². The van der Waals surface area contributed by atoms with Crippen molar-refractivity contribution >= 4 is 33.0 Å². The van der Waals surface area contributed by atoms with E-state index in [1.165, 1.54) is 24.3 Å². The Bertz CT molecular complexity index is 436. The van der Waals surface area contributed by atoms with Crippen LogP contribution in [0, 0.1) is 0 Å². The Labute approximate surface area is 87.7 Å². The van der Waals surface area contributed by atoms with Crippen molar-refractivity contribution in [1.82, 2.24) is 0 Å². The molecule has 4 nitrogen and oxygen atoms in total. The first-order valence-electron chi connectivity index (χ1n) is 3.75. The average Bonchev–Trinajstić information content (AvgIpc) is 2.02. The molecule has 0 spiro atoms. The zero-order chi connectivity index (χ0) is 10.8. The highest BCUT2D eigenvalue weighted by molar-refractivity contribution is 7.85. The highest BCUT2D eigenvalue weighted by Gasteiger charge is 2.07. The van der Waals surface area contributed by atoms with Crippen LogP contribution in [0.1, 0.15) is 6.92 Å². The van der Waals surface area contributed by atoms with Crippen LogP contribution in [0.5, 0.6) is 0 Å². The largest absolute Gasteiger partial charge is 0.350 e. The quantitative estimate of drug-likeness (QED) is 0.599. The van der Waals surface area contributed by atoms with Crippen molar-refractivity contribution in [1.29, 1.82) is 0 Å². The molecule has 2 N–H and O–H groups in total. The van der Waals surface area contributed by atoms with Crippen LogP contribution in [-0.4, -0.2) is 18.0 Å². The van der Waals surface area contributed by atoms with E-state index >= 15 is 0 Å². The molecule has 1 rings (SSSR count). The summed E-state index contributed by atoms with van der Waals surface area (Å²) in [5, 5.41) is 2.84. The van der Waals surface area contributed by atoms with Gasteiger partial charge in [-0.15, -0.1) is 0 Å². The molecular weight excluding hydrogens is 222 g/mol. The molecule has 0 aliphatic rings. The van der Waals surface area contributed by atoms with Crippen molar-refractivity contribution < 1.29 is 13.0 Å². The second-order valence-electron chi connectivity index (χ2n) is 2.68. The third kappa shape index (κ3) is 3.06. The lowest BCUT2D eigenvalue weighted by molar-refractivity contribution is 0.483. The van der Waals surface area contributed by atoms with E-state index in [0.717, 1.165) is 0 Å². The van der Waals surface area contributed by atoms with Gasteiger partial charge in [-0.25, -0.2) is 0 Å². The van der Waals surface area contributed by atoms with Crippen molar-refractivity contribution in [2.45, 2.75) is 11.8 Å². The number of nitrogens with one attached hydrogen (secondary N) is 1. The fraction of sp³-hybridized carbons (Fsp3) is 0.125. The van der Waals surface area contributed by atoms with Crippen LogP contribution in [-0.2, 0) is 10.1 Å². The molecule has 0 radical (unpaired) electrons. The van der Waals surface area contributed by atoms with Crippen LogP contribution < -0.4 is 5.32 Å². The molecule has 0 aliphatic carbocycles. The molecule has 1 aromatic rings. The summed E-state index contributed by atoms with van der Waals surface area (Å²) >= 11 is 4.81. The maximum atomic E-state index is 10.7. The molecule has 76 valence electrons. The lowest BCUT2D eigenvalue weighted by atomic mass is 10.3. The number of rotatable bonds is 2. The van der Waals surface area contributed by atoms with Gasteiger partial charge in [0.1, 0.15) is 0 Å². The summed E-state index contributed by atoms with van der Waals surface area (Å²) in [7, 11) is -4.11. The van der Waals surface area contributed by atoms with Crippen molar-refractivity contribution in [3.8, 4) is 0 Å². The molecule has 0 unspecified atom stereocenters. The number of hydrogen-bond donors (Lipinski definition) is 2. The molecule has 1 aromatic carbocycles. The molecule has 14 heavy (non-hydrogen) atoms. The zero-order valence-corrected chi connectivity index (χ0v) is 9.02. The van der Waals surface area contributed by atoms with Gasteiger partial charge in [0.05, 0.1) is 9.88 Å². The number of thiocarbonyl (C=S) groups is 1. The Balaban J connectivity index is 2.95. The first-order chi connectivity index (χ1) is 6.39. The molecule has 0 aromatic heterocycles. The average molecular weight is 231 g/mol. The van der Waals surface area contributed by atoms with Gasteiger partial charge < -0.3 is 5.32 Å². The van der Waals surface area contributed by atoms with Crippen LogP contribution in [0.3, 0.4) is 0 Å². The van der Waals surface area contributed by atoms with E-state index in [4.69, 9.17) is 16.8 Å². The molecule has 0 bridgehead atoms. The molecule has 0 amide bonds. The van der Waals surface area contributed by atoms with Crippen LogP contribution in [0.15, 0.2) is 29.2 Å². The standard InChI is InChI=1S/C8H9NO3S2/c1-6(13)9-7-2-4-8(5-3-7)14(10,11)12/h2-5H,1H3,(H,9,13)(H,10,11,12). The monoisotopic (exact) mass is 231 g/mol. The Morgan fingerprint density at radius 1 is 1.36 bits per heavy atom. The lowest BCUT2D eigenvalue weighted by Crippen LogP contribution is -2.04. The van der Waals surface area contributed by atoms with Gasteiger partial charge >= 0.3 is 0 Å². The number of anilines is 1. The molecular formula is C8H9NO3S2. The van der Waals surface area contributed by atoms with E-state index in [0.29, 0.717) is 10.7 Å². The maximum Gasteiger partial charge on any atom is 0.294 e. The topological polar surface area (TPSA) is 66.4 Å². The Hall–Kier alpha value is -0.980. The highest BCUT2D eigenvalue weighted by atomic mass is 32.2. The zero-order valence-electron chi connectivity index (χ0n) is 7.39. The van der Waals surface area contributed by atoms with Gasteiger partial charge in [-0.2, -0.15) is 8.42 Å². The van der Waals surface area contributed by atoms with Crippen LogP contribution in [0.2, 0.25) is 0 Å². The van der Waals surface area contributed by atoms with Gasteiger partial charge in [-0.1, -0.05) is 12.2 Å². The summed E-state index contributed by atoms with van der Waals surface area (Å²) in [6, 6.07) is 5.66. The third-order valence-electron chi connectivity index (χ3n) is 1.47. The van der Waals surface area contributed by atoms with Gasteiger partial charge in [-0.05, 0) is 31.2 Å². The van der Waals surface area contributed by atoms with E-state index in [-0.39, 0.29) is 4.90 Å². The highest BCUT2D eigenvalue weighted by Crippen LogP contribution is 2.13. The normalized spacial score (nSPS) is 11.0. The van der Waals surface area contributed by atoms with Crippen molar-refractivity contribution in [3.05, 3.63) is 24.3 Å². The van der Waals surface area contributed by atoms with Crippen molar-refractivity contribution in [2.24, 2.45) is 0 Å². The molecule has 0 aliphatic heterocycles. The molecule has 0 fully saturated rings. The van der Waals surface area contributed by atoms with Crippen molar-refractivity contribution in [3.63, 3.8) is 0 Å². The molecule has 0 saturated heterocycles. The molecule has 0 heterocycles. The summed E-state index contributed by atoms with van der Waals surface area (Å²) in [5.41, 5.74) is 0.685. The van der Waals surface area contributed by atoms with Gasteiger partial charge in [0, 0.05) is 5.69 Å². The van der Waals surface area contributed by atoms with Gasteiger partial charge in [0.2, 0.25) is 0 Å². The van der Waals surface area contributed by atoms with E-state index < -0.39 is 10.1 Å². The molecule has 0 saturated carbocycles. The minimum atomic E-state index is -4.11. The second kappa shape index (κ2) is 4.04. The van der Waals surface area contributed by atoms with E-state index in [1.54, 1.807) is 6.92 Å². The fourth-order valence-electron chi connectivity index (χ4n) is 0.914. The predicted octanol–water partition coefficient (Wildman–Crippen LogP) is 1.69. The number of hydrogen-bond acceptors (Lipinski definition) is 3. The minimum Gasteiger partial charge on any atom is -0.350 e. The maximum absolute atomic E-state index is 10.7. The Morgan fingerprint density at radius 3 is 2.21 bits per heavy atom. The summed E-state index contributed by atoms with van der Waals surface area (Å²) < 4.78 is 30.0. The summed E-state index contributed by atoms with van der Waals surface area (Å²) in [5.74, 6) is 0. The lowest BCUT2D eigenvalue weighted by Gasteiger charge is -2.03. The Kier molecular flexibility index (Phi) is 3.20. The third-order valence-corrected chi connectivity index (χ3v) is 2.44. The summed E-state index contributed by atoms with van der Waals surface area (Å²) in [6.07, 6.45) is 0. The molecule has 0 atom stereocenters. The van der Waals surface area contributed by atoms with E-state index in [1.807, 2.05) is 0 Å². The van der Waals surface area contributed by atoms with Crippen LogP contribution in [0.4, 0.5) is 5.69 Å². The number of benzene rings is 1. The summed E-state index contributed by atoms with van der Waals surface area (Å²) in [4.78, 5) is 0.453. The first kappa shape index (κ1) is 11.1. The van der Waals surface area contributed by atoms with Crippen molar-refractivity contribution in [2.75, 3.05) is 5.32 Å². The second-order valence-corrected chi connectivity index (χ2v) is 4.71.